The van der Waals surface area contributed by atoms with Gasteiger partial charge in [0.1, 0.15) is 11.5 Å². The monoisotopic (exact) mass is 353 g/mol. The fourth-order valence-corrected chi connectivity index (χ4v) is 3.38. The Labute approximate surface area is 139 Å². The molecule has 0 bridgehead atoms. The highest BCUT2D eigenvalue weighted by molar-refractivity contribution is 7.49. The van der Waals surface area contributed by atoms with Crippen LogP contribution in [0.3, 0.4) is 0 Å². The summed E-state index contributed by atoms with van der Waals surface area (Å²) in [4.78, 5) is 30.5. The smallest absolute Gasteiger partial charge is 0.427 e. The maximum atomic E-state index is 12.2. The number of rotatable bonds is 6. The van der Waals surface area contributed by atoms with Crippen LogP contribution in [0.4, 0.5) is 0 Å². The van der Waals surface area contributed by atoms with E-state index >= 15 is 0 Å². The number of aromatic hydroxyl groups is 1. The Bertz CT molecular complexity index is 736. The second kappa shape index (κ2) is 7.21. The zero-order valence-corrected chi connectivity index (χ0v) is 14.0. The van der Waals surface area contributed by atoms with E-state index in [4.69, 9.17) is 9.79 Å². The van der Waals surface area contributed by atoms with Gasteiger partial charge in [-0.1, -0.05) is 19.1 Å². The first-order valence-electron chi connectivity index (χ1n) is 7.48. The lowest BCUT2D eigenvalue weighted by Gasteiger charge is -2.26. The fourth-order valence-electron chi connectivity index (χ4n) is 2.82. The minimum Gasteiger partial charge on any atom is -0.508 e. The van der Waals surface area contributed by atoms with E-state index in [1.54, 1.807) is 18.2 Å². The number of aliphatic hydroxyl groups is 1. The molecule has 0 spiro atoms. The number of phenolic OH excluding ortho intramolecular Hbond substituents is 1. The third kappa shape index (κ3) is 4.71. The summed E-state index contributed by atoms with van der Waals surface area (Å²) in [5.41, 5.74) is 0.826. The molecule has 8 heteroatoms. The first kappa shape index (κ1) is 18.3. The predicted octanol–water partition coefficient (Wildman–Crippen LogP) is 2.48. The molecule has 0 radical (unpaired) electrons. The number of carbonyl (C=O) groups excluding carboxylic acids is 1. The molecule has 1 aromatic carbocycles. The lowest BCUT2D eigenvalue weighted by atomic mass is 9.82. The Morgan fingerprint density at radius 2 is 1.96 bits per heavy atom. The van der Waals surface area contributed by atoms with Gasteiger partial charge in [-0.2, -0.15) is 0 Å². The lowest BCUT2D eigenvalue weighted by Crippen LogP contribution is -2.28. The van der Waals surface area contributed by atoms with Crippen LogP contribution in [0, 0.1) is 5.92 Å². The highest BCUT2D eigenvalue weighted by Crippen LogP contribution is 2.38. The third-order valence-corrected chi connectivity index (χ3v) is 4.49. The van der Waals surface area contributed by atoms with Gasteiger partial charge in [-0.25, -0.2) is 4.57 Å². The number of phenols is 1. The lowest BCUT2D eigenvalue weighted by molar-refractivity contribution is -0.117. The van der Waals surface area contributed by atoms with Gasteiger partial charge in [0.2, 0.25) is 0 Å². The van der Waals surface area contributed by atoms with Gasteiger partial charge in [0.25, 0.3) is 0 Å². The Morgan fingerprint density at radius 1 is 1.25 bits per heavy atom. The molecule has 0 saturated carbocycles. The number of ketones is 1. The van der Waals surface area contributed by atoms with Crippen molar-refractivity contribution in [2.45, 2.75) is 25.7 Å². The Hall–Kier alpha value is -2.08. The maximum absolute atomic E-state index is 12.2. The average Bonchev–Trinajstić information content (AvgIpc) is 2.45. The van der Waals surface area contributed by atoms with E-state index in [1.165, 1.54) is 0 Å². The molecular formula is C16H20NO6P. The second-order valence-electron chi connectivity index (χ2n) is 5.72. The summed E-state index contributed by atoms with van der Waals surface area (Å²) in [7, 11) is -4.61. The Balaban J connectivity index is 2.28. The predicted molar refractivity (Wildman–Crippen MR) is 88.2 cm³/mol. The number of hydrogen-bond acceptors (Lipinski definition) is 4. The number of hydrogen-bond donors (Lipinski definition) is 5. The summed E-state index contributed by atoms with van der Waals surface area (Å²) in [5.74, 6) is -1.56. The molecule has 0 saturated heterocycles. The molecule has 24 heavy (non-hydrogen) atoms. The van der Waals surface area contributed by atoms with Crippen LogP contribution in [0.15, 0.2) is 47.9 Å². The van der Waals surface area contributed by atoms with Crippen molar-refractivity contribution in [1.29, 1.82) is 0 Å². The van der Waals surface area contributed by atoms with Gasteiger partial charge in [0.05, 0.1) is 5.92 Å². The number of nitrogens with one attached hydrogen (secondary N) is 1. The molecule has 5 N–H and O–H groups in total. The van der Waals surface area contributed by atoms with E-state index in [0.29, 0.717) is 12.8 Å². The van der Waals surface area contributed by atoms with Crippen LogP contribution in [-0.4, -0.2) is 25.8 Å². The van der Waals surface area contributed by atoms with Crippen LogP contribution in [-0.2, 0) is 9.36 Å². The molecule has 0 aromatic heterocycles. The highest BCUT2D eigenvalue weighted by atomic mass is 31.2. The summed E-state index contributed by atoms with van der Waals surface area (Å²) in [6.45, 7) is 1.93. The van der Waals surface area contributed by atoms with E-state index < -0.39 is 19.4 Å². The van der Waals surface area contributed by atoms with Crippen molar-refractivity contribution in [1.82, 2.24) is 5.09 Å². The van der Waals surface area contributed by atoms with Crippen molar-refractivity contribution in [3.8, 4) is 5.75 Å². The Morgan fingerprint density at radius 3 is 2.54 bits per heavy atom. The molecule has 2 unspecified atom stereocenters. The van der Waals surface area contributed by atoms with Crippen LogP contribution in [0.25, 0.3) is 0 Å². The molecule has 0 heterocycles. The zero-order chi connectivity index (χ0) is 17.9. The van der Waals surface area contributed by atoms with Crippen molar-refractivity contribution < 1.29 is 29.4 Å². The minimum absolute atomic E-state index is 0.00747. The molecule has 1 aliphatic rings. The summed E-state index contributed by atoms with van der Waals surface area (Å²) in [6, 6.07) is 6.68. The van der Waals surface area contributed by atoms with Gasteiger partial charge in [0, 0.05) is 17.8 Å². The summed E-state index contributed by atoms with van der Waals surface area (Å²) in [6.07, 6.45) is 3.17. The maximum Gasteiger partial charge on any atom is 0.427 e. The van der Waals surface area contributed by atoms with Gasteiger partial charge < -0.3 is 20.0 Å². The molecule has 1 aromatic rings. The SMILES string of the molecule is CCC(CC1C(=O)C=C(O)C=C1NP(=O)(O)O)c1cccc(O)c1. The normalized spacial score (nSPS) is 19.5. The topological polar surface area (TPSA) is 127 Å². The zero-order valence-electron chi connectivity index (χ0n) is 13.1. The van der Waals surface area contributed by atoms with Crippen molar-refractivity contribution in [3.63, 3.8) is 0 Å². The van der Waals surface area contributed by atoms with Crippen molar-refractivity contribution in [2.24, 2.45) is 5.92 Å². The van der Waals surface area contributed by atoms with Crippen LogP contribution in [0.2, 0.25) is 0 Å². The molecule has 2 atom stereocenters. The van der Waals surface area contributed by atoms with Gasteiger partial charge >= 0.3 is 7.75 Å². The van der Waals surface area contributed by atoms with E-state index in [-0.39, 0.29) is 23.1 Å². The van der Waals surface area contributed by atoms with E-state index in [9.17, 15) is 19.6 Å². The molecule has 0 amide bonds. The van der Waals surface area contributed by atoms with Crippen molar-refractivity contribution in [3.05, 3.63) is 53.4 Å². The van der Waals surface area contributed by atoms with Gasteiger partial charge in [0.15, 0.2) is 5.78 Å². The van der Waals surface area contributed by atoms with Crippen LogP contribution in [0.1, 0.15) is 31.2 Å². The summed E-state index contributed by atoms with van der Waals surface area (Å²) < 4.78 is 11.2. The van der Waals surface area contributed by atoms with Gasteiger partial charge in [-0.05, 0) is 36.5 Å². The Kier molecular flexibility index (Phi) is 5.49. The molecule has 0 fully saturated rings. The minimum atomic E-state index is -4.61. The number of allylic oxidation sites excluding steroid dienone is 3. The summed E-state index contributed by atoms with van der Waals surface area (Å²) >= 11 is 0. The third-order valence-electron chi connectivity index (χ3n) is 3.94. The number of carbonyl (C=O) groups is 1. The van der Waals surface area contributed by atoms with Gasteiger partial charge in [-0.3, -0.25) is 9.88 Å². The van der Waals surface area contributed by atoms with E-state index in [0.717, 1.165) is 17.7 Å². The molecule has 1 aliphatic carbocycles. The van der Waals surface area contributed by atoms with E-state index in [1.807, 2.05) is 18.1 Å². The molecule has 0 aliphatic heterocycles. The van der Waals surface area contributed by atoms with Crippen LogP contribution < -0.4 is 5.09 Å². The van der Waals surface area contributed by atoms with Crippen molar-refractivity contribution in [2.75, 3.05) is 0 Å². The molecule has 130 valence electrons. The standard InChI is InChI=1S/C16H20NO6P/c1-2-10(11-4-3-5-12(18)6-11)7-14-15(17-24(21,22)23)8-13(19)9-16(14)20/h3-6,8-10,14,18-19H,2,7H2,1H3,(H3,17,21,22,23). The fraction of sp³-hybridized carbons (Fsp3) is 0.312. The largest absolute Gasteiger partial charge is 0.508 e. The van der Waals surface area contributed by atoms with Crippen LogP contribution in [0.5, 0.6) is 5.75 Å². The molecule has 2 rings (SSSR count). The number of benzene rings is 1. The van der Waals surface area contributed by atoms with Crippen molar-refractivity contribution >= 4 is 13.5 Å². The highest BCUT2D eigenvalue weighted by Gasteiger charge is 2.31. The van der Waals surface area contributed by atoms with Gasteiger partial charge in [-0.15, -0.1) is 0 Å². The molecule has 7 nitrogen and oxygen atoms in total. The average molecular weight is 353 g/mol. The first-order chi connectivity index (χ1) is 11.2. The van der Waals surface area contributed by atoms with E-state index in [2.05, 4.69) is 0 Å². The van der Waals surface area contributed by atoms with Crippen LogP contribution >= 0.6 is 7.75 Å². The second-order valence-corrected chi connectivity index (χ2v) is 7.03. The molecular weight excluding hydrogens is 333 g/mol. The summed E-state index contributed by atoms with van der Waals surface area (Å²) in [5, 5.41) is 21.2. The number of aliphatic hydroxyl groups excluding tert-OH is 1. The quantitative estimate of drug-likeness (QED) is 0.497. The first-order valence-corrected chi connectivity index (χ1v) is 9.09.